The van der Waals surface area contributed by atoms with Crippen LogP contribution in [0.15, 0.2) is 18.3 Å². The van der Waals surface area contributed by atoms with E-state index in [0.29, 0.717) is 6.10 Å². The lowest BCUT2D eigenvalue weighted by atomic mass is 9.55. The summed E-state index contributed by atoms with van der Waals surface area (Å²) in [7, 11) is 1.97. The molecule has 0 spiro atoms. The van der Waals surface area contributed by atoms with E-state index in [9.17, 15) is 0 Å². The topological polar surface area (TPSA) is 34.2 Å². The fraction of sp³-hybridized carbons (Fsp3) is 0.706. The minimum Gasteiger partial charge on any atom is -0.474 e. The molecule has 4 fully saturated rings. The summed E-state index contributed by atoms with van der Waals surface area (Å²) in [5.74, 6) is 4.43. The normalized spacial score (nSPS) is 38.1. The summed E-state index contributed by atoms with van der Waals surface area (Å²) in [6.07, 6.45) is 9.35. The fourth-order valence-electron chi connectivity index (χ4n) is 5.05. The first kappa shape index (κ1) is 12.6. The molecule has 1 heterocycles. The van der Waals surface area contributed by atoms with Crippen LogP contribution >= 0.6 is 0 Å². The third-order valence-corrected chi connectivity index (χ3v) is 5.61. The quantitative estimate of drug-likeness (QED) is 0.915. The minimum absolute atomic E-state index is 0.424. The van der Waals surface area contributed by atoms with Gasteiger partial charge < -0.3 is 10.1 Å². The van der Waals surface area contributed by atoms with Crippen molar-refractivity contribution in [2.75, 3.05) is 7.05 Å². The van der Waals surface area contributed by atoms with E-state index in [2.05, 4.69) is 16.4 Å². The molecule has 1 aromatic heterocycles. The highest BCUT2D eigenvalue weighted by atomic mass is 16.5. The molecular weight excluding hydrogens is 248 g/mol. The summed E-state index contributed by atoms with van der Waals surface area (Å²) in [5.41, 5.74) is 1.18. The molecule has 0 unspecified atom stereocenters. The fourth-order valence-corrected chi connectivity index (χ4v) is 5.05. The van der Waals surface area contributed by atoms with Crippen molar-refractivity contribution in [2.45, 2.75) is 44.8 Å². The van der Waals surface area contributed by atoms with Crippen LogP contribution in [0.3, 0.4) is 0 Å². The van der Waals surface area contributed by atoms with Gasteiger partial charge in [-0.3, -0.25) is 0 Å². The van der Waals surface area contributed by atoms with Gasteiger partial charge in [0.1, 0.15) is 6.10 Å². The van der Waals surface area contributed by atoms with E-state index < -0.39 is 0 Å². The van der Waals surface area contributed by atoms with Gasteiger partial charge >= 0.3 is 0 Å². The van der Waals surface area contributed by atoms with Gasteiger partial charge in [-0.15, -0.1) is 0 Å². The van der Waals surface area contributed by atoms with Crippen molar-refractivity contribution in [3.8, 4) is 5.88 Å². The van der Waals surface area contributed by atoms with Crippen molar-refractivity contribution in [3.63, 3.8) is 0 Å². The van der Waals surface area contributed by atoms with Gasteiger partial charge in [-0.1, -0.05) is 6.07 Å². The first-order chi connectivity index (χ1) is 9.83. The highest BCUT2D eigenvalue weighted by molar-refractivity contribution is 5.26. The molecule has 0 radical (unpaired) electrons. The smallest absolute Gasteiger partial charge is 0.218 e. The van der Waals surface area contributed by atoms with Gasteiger partial charge in [-0.25, -0.2) is 4.98 Å². The molecule has 4 saturated carbocycles. The first-order valence-corrected chi connectivity index (χ1v) is 8.08. The van der Waals surface area contributed by atoms with E-state index in [4.69, 9.17) is 4.74 Å². The van der Waals surface area contributed by atoms with Gasteiger partial charge in [-0.2, -0.15) is 0 Å². The van der Waals surface area contributed by atoms with Crippen LogP contribution in [0.5, 0.6) is 5.88 Å². The number of rotatable bonds is 4. The molecular formula is C17H24N2O. The monoisotopic (exact) mass is 272 g/mol. The Bertz CT molecular complexity index is 460. The SMILES string of the molecule is CNCc1cccnc1OC1C2CC3CC(C2)CC1C3. The number of nitrogens with zero attached hydrogens (tertiary/aromatic N) is 1. The highest BCUT2D eigenvalue weighted by Crippen LogP contribution is 2.54. The van der Waals surface area contributed by atoms with Gasteiger partial charge in [0.25, 0.3) is 0 Å². The second-order valence-electron chi connectivity index (χ2n) is 7.01. The second-order valence-corrected chi connectivity index (χ2v) is 7.01. The van der Waals surface area contributed by atoms with Crippen LogP contribution in [0, 0.1) is 23.7 Å². The van der Waals surface area contributed by atoms with Crippen LogP contribution in [0.1, 0.15) is 37.7 Å². The molecule has 4 aliphatic rings. The second kappa shape index (κ2) is 5.03. The predicted octanol–water partition coefficient (Wildman–Crippen LogP) is 3.00. The van der Waals surface area contributed by atoms with Crippen molar-refractivity contribution >= 4 is 0 Å². The van der Waals surface area contributed by atoms with E-state index in [0.717, 1.165) is 36.1 Å². The van der Waals surface area contributed by atoms with Crippen molar-refractivity contribution in [3.05, 3.63) is 23.9 Å². The van der Waals surface area contributed by atoms with Gasteiger partial charge in [0, 0.05) is 18.3 Å². The molecule has 1 N–H and O–H groups in total. The maximum absolute atomic E-state index is 6.42. The lowest BCUT2D eigenvalue weighted by Gasteiger charge is -2.53. The van der Waals surface area contributed by atoms with E-state index >= 15 is 0 Å². The lowest BCUT2D eigenvalue weighted by molar-refractivity contribution is -0.0808. The predicted molar refractivity (Wildman–Crippen MR) is 78.5 cm³/mol. The van der Waals surface area contributed by atoms with Gasteiger partial charge in [0.05, 0.1) is 0 Å². The van der Waals surface area contributed by atoms with Crippen LogP contribution in [0.25, 0.3) is 0 Å². The largest absolute Gasteiger partial charge is 0.474 e. The van der Waals surface area contributed by atoms with Crippen molar-refractivity contribution in [1.29, 1.82) is 0 Å². The molecule has 5 rings (SSSR count). The van der Waals surface area contributed by atoms with E-state index in [1.165, 1.54) is 37.7 Å². The Kier molecular flexibility index (Phi) is 3.18. The Labute approximate surface area is 121 Å². The van der Waals surface area contributed by atoms with Crippen LogP contribution in [-0.2, 0) is 6.54 Å². The van der Waals surface area contributed by atoms with E-state index in [-0.39, 0.29) is 0 Å². The summed E-state index contributed by atoms with van der Waals surface area (Å²) in [6.45, 7) is 0.830. The Hall–Kier alpha value is -1.09. The summed E-state index contributed by atoms with van der Waals surface area (Å²) >= 11 is 0. The molecule has 4 aliphatic carbocycles. The number of ether oxygens (including phenoxy) is 1. The maximum atomic E-state index is 6.42. The summed E-state index contributed by atoms with van der Waals surface area (Å²) in [4.78, 5) is 4.49. The number of pyridine rings is 1. The van der Waals surface area contributed by atoms with E-state index in [1.54, 1.807) is 0 Å². The third-order valence-electron chi connectivity index (χ3n) is 5.61. The number of hydrogen-bond donors (Lipinski definition) is 1. The van der Waals surface area contributed by atoms with E-state index in [1.807, 2.05) is 19.3 Å². The zero-order valence-corrected chi connectivity index (χ0v) is 12.2. The third kappa shape index (κ3) is 2.12. The minimum atomic E-state index is 0.424. The van der Waals surface area contributed by atoms with Crippen molar-refractivity contribution in [2.24, 2.45) is 23.7 Å². The Morgan fingerprint density at radius 3 is 2.50 bits per heavy atom. The van der Waals surface area contributed by atoms with Crippen LogP contribution in [0.2, 0.25) is 0 Å². The molecule has 0 amide bonds. The maximum Gasteiger partial charge on any atom is 0.218 e. The molecule has 0 aliphatic heterocycles. The summed E-state index contributed by atoms with van der Waals surface area (Å²) < 4.78 is 6.42. The summed E-state index contributed by atoms with van der Waals surface area (Å²) in [6, 6.07) is 4.12. The van der Waals surface area contributed by atoms with Gasteiger partial charge in [0.15, 0.2) is 0 Å². The summed E-state index contributed by atoms with van der Waals surface area (Å²) in [5, 5.41) is 3.21. The Morgan fingerprint density at radius 2 is 1.85 bits per heavy atom. The Balaban J connectivity index is 1.54. The molecule has 3 nitrogen and oxygen atoms in total. The number of nitrogens with one attached hydrogen (secondary N) is 1. The molecule has 0 saturated heterocycles. The van der Waals surface area contributed by atoms with Gasteiger partial charge in [-0.05, 0) is 68.9 Å². The van der Waals surface area contributed by atoms with Gasteiger partial charge in [0.2, 0.25) is 5.88 Å². The average molecular weight is 272 g/mol. The molecule has 0 aromatic carbocycles. The molecule has 108 valence electrons. The van der Waals surface area contributed by atoms with Crippen molar-refractivity contribution in [1.82, 2.24) is 10.3 Å². The molecule has 4 bridgehead atoms. The number of hydrogen-bond acceptors (Lipinski definition) is 3. The van der Waals surface area contributed by atoms with Crippen LogP contribution in [0.4, 0.5) is 0 Å². The zero-order chi connectivity index (χ0) is 13.5. The molecule has 3 heteroatoms. The van der Waals surface area contributed by atoms with Crippen molar-refractivity contribution < 1.29 is 4.74 Å². The van der Waals surface area contributed by atoms with Crippen LogP contribution in [-0.4, -0.2) is 18.1 Å². The van der Waals surface area contributed by atoms with Crippen LogP contribution < -0.4 is 10.1 Å². The zero-order valence-electron chi connectivity index (χ0n) is 12.2. The average Bonchev–Trinajstić information content (AvgIpc) is 2.44. The molecule has 1 aromatic rings. The molecule has 0 atom stereocenters. The lowest BCUT2D eigenvalue weighted by Crippen LogP contribution is -2.50. The Morgan fingerprint density at radius 1 is 1.15 bits per heavy atom. The molecule has 20 heavy (non-hydrogen) atoms. The first-order valence-electron chi connectivity index (χ1n) is 8.08. The number of aromatic nitrogens is 1. The highest BCUT2D eigenvalue weighted by Gasteiger charge is 2.49. The standard InChI is InChI=1S/C17H24N2O/c1-18-10-13-3-2-4-19-17(13)20-16-14-6-11-5-12(8-14)9-15(16)7-11/h2-4,11-12,14-16,18H,5-10H2,1H3.